The van der Waals surface area contributed by atoms with Gasteiger partial charge in [-0.2, -0.15) is 0 Å². The van der Waals surface area contributed by atoms with Crippen LogP contribution in [-0.2, 0) is 6.42 Å². The fourth-order valence-corrected chi connectivity index (χ4v) is 4.47. The molecule has 1 aromatic heterocycles. The zero-order chi connectivity index (χ0) is 18.7. The van der Waals surface area contributed by atoms with Gasteiger partial charge in [-0.15, -0.1) is 0 Å². The highest BCUT2D eigenvalue weighted by molar-refractivity contribution is 6.05. The third kappa shape index (κ3) is 2.10. The van der Waals surface area contributed by atoms with Crippen LogP contribution < -0.4 is 14.4 Å². The second kappa shape index (κ2) is 5.67. The second-order valence-corrected chi connectivity index (χ2v) is 7.02. The molecule has 1 atom stereocenters. The number of ether oxygens (including phenoxy) is 2. The maximum absolute atomic E-state index is 13.3. The number of aromatic amines is 1. The minimum Gasteiger partial charge on any atom is -0.497 e. The Morgan fingerprint density at radius 1 is 1.15 bits per heavy atom. The van der Waals surface area contributed by atoms with Gasteiger partial charge in [0, 0.05) is 30.6 Å². The number of aromatic nitrogens is 1. The zero-order valence-electron chi connectivity index (χ0n) is 15.6. The van der Waals surface area contributed by atoms with E-state index in [1.165, 1.54) is 10.9 Å². The highest BCUT2D eigenvalue weighted by atomic mass is 16.5. The SMILES string of the molecule is COc1ccc2c3c([nH]c2c1)C1N(CC3)C(=O)c2c(OC)cccc2N1C. The van der Waals surface area contributed by atoms with Gasteiger partial charge in [0.25, 0.3) is 5.91 Å². The fourth-order valence-electron chi connectivity index (χ4n) is 4.47. The Morgan fingerprint density at radius 3 is 2.78 bits per heavy atom. The molecular formula is C21H21N3O3. The largest absolute Gasteiger partial charge is 0.497 e. The number of hydrogen-bond acceptors (Lipinski definition) is 4. The van der Waals surface area contributed by atoms with Gasteiger partial charge in [0.1, 0.15) is 23.2 Å². The fraction of sp³-hybridized carbons (Fsp3) is 0.286. The van der Waals surface area contributed by atoms with Crippen LogP contribution in [-0.4, -0.2) is 43.6 Å². The Bertz CT molecular complexity index is 1070. The Hall–Kier alpha value is -3.15. The zero-order valence-corrected chi connectivity index (χ0v) is 15.6. The lowest BCUT2D eigenvalue weighted by molar-refractivity contribution is 0.0630. The van der Waals surface area contributed by atoms with Crippen LogP contribution in [0.2, 0.25) is 0 Å². The molecule has 2 aromatic carbocycles. The lowest BCUT2D eigenvalue weighted by atomic mass is 9.95. The molecule has 1 unspecified atom stereocenters. The van der Waals surface area contributed by atoms with Crippen molar-refractivity contribution in [2.24, 2.45) is 0 Å². The van der Waals surface area contributed by atoms with Crippen molar-refractivity contribution in [3.63, 3.8) is 0 Å². The smallest absolute Gasteiger partial charge is 0.261 e. The molecule has 0 saturated heterocycles. The maximum Gasteiger partial charge on any atom is 0.261 e. The van der Waals surface area contributed by atoms with Gasteiger partial charge in [0.15, 0.2) is 0 Å². The molecule has 5 rings (SSSR count). The Morgan fingerprint density at radius 2 is 2.00 bits per heavy atom. The van der Waals surface area contributed by atoms with Crippen LogP contribution in [0.25, 0.3) is 10.9 Å². The highest BCUT2D eigenvalue weighted by Gasteiger charge is 2.42. The molecule has 1 N–H and O–H groups in total. The van der Waals surface area contributed by atoms with E-state index in [0.29, 0.717) is 17.9 Å². The van der Waals surface area contributed by atoms with Gasteiger partial charge >= 0.3 is 0 Å². The molecule has 1 amide bonds. The summed E-state index contributed by atoms with van der Waals surface area (Å²) in [5.74, 6) is 1.46. The summed E-state index contributed by atoms with van der Waals surface area (Å²) in [5.41, 5.74) is 4.93. The Balaban J connectivity index is 1.70. The molecule has 2 aliphatic heterocycles. The summed E-state index contributed by atoms with van der Waals surface area (Å²) in [6, 6.07) is 11.8. The van der Waals surface area contributed by atoms with Crippen LogP contribution in [0.15, 0.2) is 36.4 Å². The third-order valence-electron chi connectivity index (χ3n) is 5.75. The summed E-state index contributed by atoms with van der Waals surface area (Å²) in [6.07, 6.45) is 0.668. The first kappa shape index (κ1) is 16.1. The van der Waals surface area contributed by atoms with Crippen LogP contribution in [0, 0.1) is 0 Å². The van der Waals surface area contributed by atoms with Gasteiger partial charge < -0.3 is 24.3 Å². The summed E-state index contributed by atoms with van der Waals surface area (Å²) in [7, 11) is 5.31. The number of anilines is 1. The topological polar surface area (TPSA) is 57.8 Å². The first-order valence-electron chi connectivity index (χ1n) is 9.03. The first-order valence-corrected chi connectivity index (χ1v) is 9.03. The summed E-state index contributed by atoms with van der Waals surface area (Å²) in [4.78, 5) is 20.9. The Labute approximate surface area is 157 Å². The van der Waals surface area contributed by atoms with Crippen molar-refractivity contribution in [3.05, 3.63) is 53.2 Å². The number of carbonyl (C=O) groups is 1. The van der Waals surface area contributed by atoms with Crippen molar-refractivity contribution in [3.8, 4) is 11.5 Å². The van der Waals surface area contributed by atoms with E-state index in [9.17, 15) is 4.79 Å². The number of rotatable bonds is 2. The van der Waals surface area contributed by atoms with Gasteiger partial charge in [-0.1, -0.05) is 6.07 Å². The van der Waals surface area contributed by atoms with Gasteiger partial charge in [-0.05, 0) is 36.2 Å². The van der Waals surface area contributed by atoms with E-state index in [1.54, 1.807) is 14.2 Å². The average molecular weight is 363 g/mol. The minimum absolute atomic E-state index is 0.0208. The van der Waals surface area contributed by atoms with Gasteiger partial charge in [0.05, 0.1) is 25.6 Å². The quantitative estimate of drug-likeness (QED) is 0.759. The molecule has 0 saturated carbocycles. The van der Waals surface area contributed by atoms with Crippen molar-refractivity contribution in [2.75, 3.05) is 32.7 Å². The summed E-state index contributed by atoms with van der Waals surface area (Å²) in [6.45, 7) is 0.678. The van der Waals surface area contributed by atoms with Gasteiger partial charge in [0.2, 0.25) is 0 Å². The molecular weight excluding hydrogens is 342 g/mol. The number of methoxy groups -OCH3 is 2. The molecule has 3 heterocycles. The monoisotopic (exact) mass is 363 g/mol. The van der Waals surface area contributed by atoms with Crippen LogP contribution in [0.3, 0.4) is 0 Å². The van der Waals surface area contributed by atoms with Crippen molar-refractivity contribution in [1.29, 1.82) is 0 Å². The van der Waals surface area contributed by atoms with Crippen molar-refractivity contribution in [1.82, 2.24) is 9.88 Å². The molecule has 6 nitrogen and oxygen atoms in total. The molecule has 3 aromatic rings. The average Bonchev–Trinajstić information content (AvgIpc) is 3.08. The normalized spacial score (nSPS) is 18.2. The molecule has 0 bridgehead atoms. The third-order valence-corrected chi connectivity index (χ3v) is 5.75. The van der Waals surface area contributed by atoms with E-state index in [4.69, 9.17) is 9.47 Å². The standard InChI is InChI=1S/C21H21N3O3/c1-23-16-5-4-6-17(27-3)18(16)21(25)24-10-9-14-13-8-7-12(26-2)11-15(13)22-19(14)20(23)24/h4-8,11,20,22H,9-10H2,1-3H3. The molecule has 0 fully saturated rings. The molecule has 138 valence electrons. The van der Waals surface area contributed by atoms with Crippen molar-refractivity contribution < 1.29 is 14.3 Å². The summed E-state index contributed by atoms with van der Waals surface area (Å²) < 4.78 is 10.8. The van der Waals surface area contributed by atoms with E-state index in [0.717, 1.165) is 29.1 Å². The predicted molar refractivity (Wildman–Crippen MR) is 104 cm³/mol. The molecule has 6 heteroatoms. The van der Waals surface area contributed by atoms with E-state index in [1.807, 2.05) is 42.3 Å². The Kier molecular flexibility index (Phi) is 3.37. The van der Waals surface area contributed by atoms with E-state index >= 15 is 0 Å². The number of nitrogens with zero attached hydrogens (tertiary/aromatic N) is 2. The molecule has 27 heavy (non-hydrogen) atoms. The number of H-pyrrole nitrogens is 1. The molecule has 0 spiro atoms. The lowest BCUT2D eigenvalue weighted by Gasteiger charge is -2.46. The van der Waals surface area contributed by atoms with Gasteiger partial charge in [-0.3, -0.25) is 4.79 Å². The van der Waals surface area contributed by atoms with Crippen molar-refractivity contribution in [2.45, 2.75) is 12.6 Å². The number of benzene rings is 2. The highest BCUT2D eigenvalue weighted by Crippen LogP contribution is 2.45. The first-order chi connectivity index (χ1) is 13.1. The number of fused-ring (bicyclic) bond motifs is 6. The molecule has 2 aliphatic rings. The van der Waals surface area contributed by atoms with Crippen LogP contribution in [0.5, 0.6) is 11.5 Å². The van der Waals surface area contributed by atoms with Crippen LogP contribution in [0.4, 0.5) is 5.69 Å². The van der Waals surface area contributed by atoms with E-state index < -0.39 is 0 Å². The summed E-state index contributed by atoms with van der Waals surface area (Å²) in [5, 5.41) is 1.20. The number of carbonyl (C=O) groups excluding carboxylic acids is 1. The predicted octanol–water partition coefficient (Wildman–Crippen LogP) is 3.33. The van der Waals surface area contributed by atoms with E-state index in [2.05, 4.69) is 16.0 Å². The number of hydrogen-bond donors (Lipinski definition) is 1. The minimum atomic E-state index is -0.153. The summed E-state index contributed by atoms with van der Waals surface area (Å²) >= 11 is 0. The number of amides is 1. The van der Waals surface area contributed by atoms with Crippen molar-refractivity contribution >= 4 is 22.5 Å². The van der Waals surface area contributed by atoms with Crippen LogP contribution >= 0.6 is 0 Å². The maximum atomic E-state index is 13.3. The molecule has 0 radical (unpaired) electrons. The van der Waals surface area contributed by atoms with Gasteiger partial charge in [-0.25, -0.2) is 0 Å². The van der Waals surface area contributed by atoms with E-state index in [-0.39, 0.29) is 12.1 Å². The molecule has 0 aliphatic carbocycles. The lowest BCUT2D eigenvalue weighted by Crippen LogP contribution is -2.51. The second-order valence-electron chi connectivity index (χ2n) is 7.02. The number of nitrogens with one attached hydrogen (secondary N) is 1. The van der Waals surface area contributed by atoms with Crippen LogP contribution in [0.1, 0.15) is 27.8 Å².